The molecule has 2 aromatic rings. The number of ketones is 1. The number of halogens is 2. The third-order valence-corrected chi connectivity index (χ3v) is 4.02. The summed E-state index contributed by atoms with van der Waals surface area (Å²) in [6, 6.07) is 9.36. The molecule has 22 heavy (non-hydrogen) atoms. The summed E-state index contributed by atoms with van der Waals surface area (Å²) in [5.74, 6) is -0.218. The van der Waals surface area contributed by atoms with Crippen LogP contribution in [0.15, 0.2) is 55.3 Å². The van der Waals surface area contributed by atoms with E-state index in [4.69, 9.17) is 0 Å². The van der Waals surface area contributed by atoms with Gasteiger partial charge in [0.25, 0.3) is 0 Å². The van der Waals surface area contributed by atoms with Gasteiger partial charge < -0.3 is 0 Å². The molecule has 108 valence electrons. The van der Waals surface area contributed by atoms with Gasteiger partial charge in [-0.05, 0) is 68.3 Å². The predicted octanol–water partition coefficient (Wildman–Crippen LogP) is 4.38. The highest BCUT2D eigenvalue weighted by Gasteiger charge is 2.12. The SMILES string of the molecule is O=C=Nc1ccc(C(=O)c2ccc(N=C=O)c(Br)c2)cc1Br. The number of carbonyl (C=O) groups is 1. The molecule has 0 amide bonds. The van der Waals surface area contributed by atoms with E-state index in [1.165, 1.54) is 12.2 Å². The molecule has 7 heteroatoms. The largest absolute Gasteiger partial charge is 0.289 e. The van der Waals surface area contributed by atoms with Gasteiger partial charge >= 0.3 is 0 Å². The molecule has 0 atom stereocenters. The summed E-state index contributed by atoms with van der Waals surface area (Å²) >= 11 is 6.49. The van der Waals surface area contributed by atoms with Crippen LogP contribution in [0.5, 0.6) is 0 Å². The molecule has 0 bridgehead atoms. The van der Waals surface area contributed by atoms with E-state index in [0.717, 1.165) is 0 Å². The van der Waals surface area contributed by atoms with Crippen LogP contribution >= 0.6 is 31.9 Å². The van der Waals surface area contributed by atoms with E-state index in [9.17, 15) is 14.4 Å². The first-order valence-corrected chi connectivity index (χ1v) is 7.45. The summed E-state index contributed by atoms with van der Waals surface area (Å²) in [5, 5.41) is 0. The van der Waals surface area contributed by atoms with Crippen molar-refractivity contribution in [2.24, 2.45) is 9.98 Å². The summed E-state index contributed by atoms with van der Waals surface area (Å²) in [7, 11) is 0. The zero-order chi connectivity index (χ0) is 16.1. The average Bonchev–Trinajstić information content (AvgIpc) is 2.51. The topological polar surface area (TPSA) is 75.9 Å². The Balaban J connectivity index is 2.40. The van der Waals surface area contributed by atoms with E-state index in [-0.39, 0.29) is 5.78 Å². The molecule has 5 nitrogen and oxygen atoms in total. The Labute approximate surface area is 142 Å². The van der Waals surface area contributed by atoms with Gasteiger partial charge in [-0.25, -0.2) is 9.59 Å². The number of nitrogens with zero attached hydrogens (tertiary/aromatic N) is 2. The fraction of sp³-hybridized carbons (Fsp3) is 0. The molecule has 0 spiro atoms. The second-order valence-corrected chi connectivity index (χ2v) is 5.78. The molecular formula is C15H6Br2N2O3. The van der Waals surface area contributed by atoms with Crippen LogP contribution in [-0.2, 0) is 9.59 Å². The molecular weight excluding hydrogens is 416 g/mol. The highest BCUT2D eigenvalue weighted by molar-refractivity contribution is 9.11. The van der Waals surface area contributed by atoms with Gasteiger partial charge in [-0.1, -0.05) is 0 Å². The summed E-state index contributed by atoms with van der Waals surface area (Å²) < 4.78 is 1.03. The molecule has 0 fully saturated rings. The van der Waals surface area contributed by atoms with Crippen LogP contribution in [0.2, 0.25) is 0 Å². The minimum Gasteiger partial charge on any atom is -0.289 e. The molecule has 0 heterocycles. The van der Waals surface area contributed by atoms with E-state index in [2.05, 4.69) is 41.8 Å². The van der Waals surface area contributed by atoms with Crippen molar-refractivity contribution in [3.05, 3.63) is 56.5 Å². The maximum atomic E-state index is 12.4. The van der Waals surface area contributed by atoms with Crippen LogP contribution in [0.25, 0.3) is 0 Å². The van der Waals surface area contributed by atoms with Crippen molar-refractivity contribution in [2.45, 2.75) is 0 Å². The fourth-order valence-corrected chi connectivity index (χ4v) is 2.68. The first-order valence-electron chi connectivity index (χ1n) is 5.86. The molecule has 0 unspecified atom stereocenters. The lowest BCUT2D eigenvalue weighted by molar-refractivity contribution is 0.103. The number of aliphatic imine (C=N–C) groups is 2. The molecule has 0 N–H and O–H groups in total. The minimum absolute atomic E-state index is 0.218. The molecule has 0 aliphatic rings. The summed E-state index contributed by atoms with van der Waals surface area (Å²) in [6.07, 6.45) is 2.89. The van der Waals surface area contributed by atoms with Gasteiger partial charge in [-0.2, -0.15) is 9.98 Å². The Kier molecular flexibility index (Phi) is 5.31. The van der Waals surface area contributed by atoms with E-state index >= 15 is 0 Å². The van der Waals surface area contributed by atoms with Gasteiger partial charge in [0, 0.05) is 20.1 Å². The zero-order valence-electron chi connectivity index (χ0n) is 10.8. The van der Waals surface area contributed by atoms with Crippen molar-refractivity contribution in [1.29, 1.82) is 0 Å². The van der Waals surface area contributed by atoms with Crippen molar-refractivity contribution in [2.75, 3.05) is 0 Å². The van der Waals surface area contributed by atoms with Crippen LogP contribution in [0.4, 0.5) is 11.4 Å². The smallest absolute Gasteiger partial charge is 0.240 e. The van der Waals surface area contributed by atoms with Crippen LogP contribution in [0.3, 0.4) is 0 Å². The van der Waals surface area contributed by atoms with Crippen molar-refractivity contribution in [3.63, 3.8) is 0 Å². The third-order valence-electron chi connectivity index (χ3n) is 2.75. The number of isocyanates is 2. The number of carbonyl (C=O) groups excluding carboxylic acids is 3. The first kappa shape index (κ1) is 16.2. The fourth-order valence-electron chi connectivity index (χ4n) is 1.74. The van der Waals surface area contributed by atoms with Crippen LogP contribution in [0, 0.1) is 0 Å². The van der Waals surface area contributed by atoms with E-state index in [0.29, 0.717) is 31.4 Å². The average molecular weight is 422 g/mol. The Morgan fingerprint density at radius 3 is 1.55 bits per heavy atom. The van der Waals surface area contributed by atoms with Gasteiger partial charge in [-0.3, -0.25) is 4.79 Å². The van der Waals surface area contributed by atoms with Gasteiger partial charge in [0.05, 0.1) is 11.4 Å². The molecule has 2 rings (SSSR count). The zero-order valence-corrected chi connectivity index (χ0v) is 14.0. The number of rotatable bonds is 4. The lowest BCUT2D eigenvalue weighted by atomic mass is 10.0. The highest BCUT2D eigenvalue weighted by Crippen LogP contribution is 2.29. The molecule has 2 aromatic carbocycles. The van der Waals surface area contributed by atoms with Crippen LogP contribution in [-0.4, -0.2) is 17.9 Å². The molecule has 0 saturated carbocycles. The van der Waals surface area contributed by atoms with Crippen molar-refractivity contribution in [3.8, 4) is 0 Å². The van der Waals surface area contributed by atoms with Crippen molar-refractivity contribution >= 4 is 61.2 Å². The maximum Gasteiger partial charge on any atom is 0.240 e. The number of hydrogen-bond acceptors (Lipinski definition) is 5. The second-order valence-electron chi connectivity index (χ2n) is 4.07. The van der Waals surface area contributed by atoms with E-state index < -0.39 is 0 Å². The molecule has 0 aliphatic heterocycles. The van der Waals surface area contributed by atoms with Crippen LogP contribution in [0.1, 0.15) is 15.9 Å². The second kappa shape index (κ2) is 7.20. The summed E-state index contributed by atoms with van der Waals surface area (Å²) in [5.41, 5.74) is 1.64. The Bertz CT molecular complexity index is 782. The van der Waals surface area contributed by atoms with Gasteiger partial charge in [0.1, 0.15) is 0 Å². The molecule has 0 radical (unpaired) electrons. The van der Waals surface area contributed by atoms with Gasteiger partial charge in [0.15, 0.2) is 5.78 Å². The lowest BCUT2D eigenvalue weighted by Gasteiger charge is -2.05. The Hall–Kier alpha value is -2.17. The van der Waals surface area contributed by atoms with Gasteiger partial charge in [0.2, 0.25) is 12.2 Å². The molecule has 0 aromatic heterocycles. The third kappa shape index (κ3) is 3.53. The number of benzene rings is 2. The predicted molar refractivity (Wildman–Crippen MR) is 87.3 cm³/mol. The van der Waals surface area contributed by atoms with Crippen LogP contribution < -0.4 is 0 Å². The lowest BCUT2D eigenvalue weighted by Crippen LogP contribution is -2.01. The monoisotopic (exact) mass is 420 g/mol. The number of hydrogen-bond donors (Lipinski definition) is 0. The maximum absolute atomic E-state index is 12.4. The molecule has 0 saturated heterocycles. The van der Waals surface area contributed by atoms with Crippen molar-refractivity contribution < 1.29 is 14.4 Å². The normalized spacial score (nSPS) is 9.55. The van der Waals surface area contributed by atoms with E-state index in [1.807, 2.05) is 0 Å². The molecule has 0 aliphatic carbocycles. The Morgan fingerprint density at radius 1 is 0.818 bits per heavy atom. The first-order chi connectivity index (χ1) is 10.6. The van der Waals surface area contributed by atoms with Crippen molar-refractivity contribution in [1.82, 2.24) is 0 Å². The highest BCUT2D eigenvalue weighted by atomic mass is 79.9. The summed E-state index contributed by atoms with van der Waals surface area (Å²) in [6.45, 7) is 0. The standard InChI is InChI=1S/C15H6Br2N2O3/c16-11-5-9(1-3-13(11)18-7-20)15(22)10-2-4-14(19-8-21)12(17)6-10/h1-6H. The minimum atomic E-state index is -0.218. The van der Waals surface area contributed by atoms with E-state index in [1.54, 1.807) is 36.4 Å². The quantitative estimate of drug-likeness (QED) is 0.417. The summed E-state index contributed by atoms with van der Waals surface area (Å²) in [4.78, 5) is 40.0. The van der Waals surface area contributed by atoms with Gasteiger partial charge in [-0.15, -0.1) is 0 Å². The Morgan fingerprint density at radius 2 is 1.23 bits per heavy atom.